The van der Waals surface area contributed by atoms with Gasteiger partial charge in [-0.05, 0) is 25.5 Å². The fourth-order valence-electron chi connectivity index (χ4n) is 1.94. The van der Waals surface area contributed by atoms with Gasteiger partial charge < -0.3 is 4.74 Å². The highest BCUT2D eigenvalue weighted by Gasteiger charge is 2.31. The Balaban J connectivity index is 2.28. The van der Waals surface area contributed by atoms with Gasteiger partial charge in [0, 0.05) is 12.1 Å². The van der Waals surface area contributed by atoms with Gasteiger partial charge in [0.1, 0.15) is 10.1 Å². The highest BCUT2D eigenvalue weighted by atomic mass is 32.2. The molecule has 1 aliphatic rings. The standard InChI is InChI=1S/C15H17NO2S2/c1-3-9-16-14(17)13(20-15(16)19)10-11-7-5-6-8-12(11)18-4-2/h5-8,10H,3-4,9H2,1-2H3/b13-10-. The van der Waals surface area contributed by atoms with E-state index in [-0.39, 0.29) is 5.91 Å². The maximum absolute atomic E-state index is 12.3. The van der Waals surface area contributed by atoms with Gasteiger partial charge in [-0.1, -0.05) is 49.1 Å². The first-order valence-corrected chi connectivity index (χ1v) is 7.87. The van der Waals surface area contributed by atoms with E-state index in [1.807, 2.05) is 44.2 Å². The third kappa shape index (κ3) is 3.22. The predicted octanol–water partition coefficient (Wildman–Crippen LogP) is 3.70. The minimum atomic E-state index is -0.00634. The number of para-hydroxylation sites is 1. The monoisotopic (exact) mass is 307 g/mol. The van der Waals surface area contributed by atoms with E-state index < -0.39 is 0 Å². The highest BCUT2D eigenvalue weighted by Crippen LogP contribution is 2.34. The van der Waals surface area contributed by atoms with Crippen molar-refractivity contribution in [1.29, 1.82) is 0 Å². The average molecular weight is 307 g/mol. The third-order valence-electron chi connectivity index (χ3n) is 2.83. The van der Waals surface area contributed by atoms with Crippen molar-refractivity contribution in [2.45, 2.75) is 20.3 Å². The fourth-order valence-corrected chi connectivity index (χ4v) is 3.24. The maximum atomic E-state index is 12.3. The van der Waals surface area contributed by atoms with Crippen LogP contribution in [0, 0.1) is 0 Å². The van der Waals surface area contributed by atoms with Crippen molar-refractivity contribution in [3.8, 4) is 5.75 Å². The molecule has 3 nitrogen and oxygen atoms in total. The lowest BCUT2D eigenvalue weighted by Gasteiger charge is -2.12. The SMILES string of the molecule is CCCN1C(=O)/C(=C/c2ccccc2OCC)SC1=S. The molecule has 0 bridgehead atoms. The van der Waals surface area contributed by atoms with Gasteiger partial charge in [0.2, 0.25) is 0 Å². The van der Waals surface area contributed by atoms with Crippen LogP contribution in [0.15, 0.2) is 29.2 Å². The van der Waals surface area contributed by atoms with E-state index in [0.29, 0.717) is 22.4 Å². The van der Waals surface area contributed by atoms with Crippen molar-refractivity contribution in [2.24, 2.45) is 0 Å². The van der Waals surface area contributed by atoms with Crippen molar-refractivity contribution in [3.63, 3.8) is 0 Å². The van der Waals surface area contributed by atoms with Crippen LogP contribution < -0.4 is 4.74 Å². The smallest absolute Gasteiger partial charge is 0.266 e. The summed E-state index contributed by atoms with van der Waals surface area (Å²) in [5.41, 5.74) is 0.909. The molecule has 20 heavy (non-hydrogen) atoms. The number of carbonyl (C=O) groups excluding carboxylic acids is 1. The lowest BCUT2D eigenvalue weighted by atomic mass is 10.2. The predicted molar refractivity (Wildman–Crippen MR) is 87.8 cm³/mol. The molecular formula is C15H17NO2S2. The number of hydrogen-bond acceptors (Lipinski definition) is 4. The Labute approximate surface area is 129 Å². The van der Waals surface area contributed by atoms with Gasteiger partial charge in [0.25, 0.3) is 5.91 Å². The van der Waals surface area contributed by atoms with Crippen molar-refractivity contribution >= 4 is 40.3 Å². The number of ether oxygens (including phenoxy) is 1. The van der Waals surface area contributed by atoms with E-state index in [2.05, 4.69) is 0 Å². The van der Waals surface area contributed by atoms with E-state index in [4.69, 9.17) is 17.0 Å². The zero-order valence-corrected chi connectivity index (χ0v) is 13.2. The molecule has 0 saturated carbocycles. The van der Waals surface area contributed by atoms with Crippen molar-refractivity contribution in [2.75, 3.05) is 13.2 Å². The topological polar surface area (TPSA) is 29.5 Å². The number of thioether (sulfide) groups is 1. The molecular weight excluding hydrogens is 290 g/mol. The number of benzene rings is 1. The molecule has 0 unspecified atom stereocenters. The number of rotatable bonds is 5. The van der Waals surface area contributed by atoms with Crippen LogP contribution in [-0.2, 0) is 4.79 Å². The molecule has 1 heterocycles. The highest BCUT2D eigenvalue weighted by molar-refractivity contribution is 8.26. The second-order valence-corrected chi connectivity index (χ2v) is 5.98. The molecule has 0 spiro atoms. The summed E-state index contributed by atoms with van der Waals surface area (Å²) in [7, 11) is 0. The molecule has 2 rings (SSSR count). The first-order valence-electron chi connectivity index (χ1n) is 6.64. The first-order chi connectivity index (χ1) is 9.67. The molecule has 1 amide bonds. The number of thiocarbonyl (C=S) groups is 1. The summed E-state index contributed by atoms with van der Waals surface area (Å²) < 4.78 is 6.21. The van der Waals surface area contributed by atoms with Crippen LogP contribution in [0.1, 0.15) is 25.8 Å². The van der Waals surface area contributed by atoms with Gasteiger partial charge in [-0.25, -0.2) is 0 Å². The van der Waals surface area contributed by atoms with Crippen LogP contribution in [0.3, 0.4) is 0 Å². The molecule has 0 aliphatic carbocycles. The Morgan fingerprint density at radius 1 is 1.35 bits per heavy atom. The fraction of sp³-hybridized carbons (Fsp3) is 0.333. The summed E-state index contributed by atoms with van der Waals surface area (Å²) in [5, 5.41) is 0. The van der Waals surface area contributed by atoms with Crippen molar-refractivity contribution < 1.29 is 9.53 Å². The van der Waals surface area contributed by atoms with E-state index in [1.54, 1.807) is 4.90 Å². The minimum absolute atomic E-state index is 0.00634. The molecule has 1 saturated heterocycles. The van der Waals surface area contributed by atoms with Gasteiger partial charge in [-0.3, -0.25) is 9.69 Å². The van der Waals surface area contributed by atoms with Gasteiger partial charge in [0.15, 0.2) is 0 Å². The maximum Gasteiger partial charge on any atom is 0.266 e. The molecule has 0 atom stereocenters. The Hall–Kier alpha value is -1.33. The molecule has 1 aliphatic heterocycles. The van der Waals surface area contributed by atoms with Gasteiger partial charge in [-0.2, -0.15) is 0 Å². The zero-order chi connectivity index (χ0) is 14.5. The lowest BCUT2D eigenvalue weighted by molar-refractivity contribution is -0.122. The van der Waals surface area contributed by atoms with Crippen molar-refractivity contribution in [3.05, 3.63) is 34.7 Å². The van der Waals surface area contributed by atoms with Crippen LogP contribution >= 0.6 is 24.0 Å². The Morgan fingerprint density at radius 3 is 2.80 bits per heavy atom. The van der Waals surface area contributed by atoms with Gasteiger partial charge in [0.05, 0.1) is 11.5 Å². The lowest BCUT2D eigenvalue weighted by Crippen LogP contribution is -2.28. The van der Waals surface area contributed by atoms with E-state index in [1.165, 1.54) is 11.8 Å². The molecule has 1 fully saturated rings. The summed E-state index contributed by atoms with van der Waals surface area (Å²) in [5.74, 6) is 0.781. The van der Waals surface area contributed by atoms with Crippen molar-refractivity contribution in [1.82, 2.24) is 4.90 Å². The largest absolute Gasteiger partial charge is 0.493 e. The normalized spacial score (nSPS) is 17.1. The summed E-state index contributed by atoms with van der Waals surface area (Å²) in [6.45, 7) is 5.25. The number of carbonyl (C=O) groups is 1. The number of amides is 1. The van der Waals surface area contributed by atoms with Crippen LogP contribution in [0.5, 0.6) is 5.75 Å². The van der Waals surface area contributed by atoms with Crippen LogP contribution in [-0.4, -0.2) is 28.3 Å². The molecule has 0 aromatic heterocycles. The molecule has 5 heteroatoms. The average Bonchev–Trinajstić information content (AvgIpc) is 2.69. The Kier molecular flexibility index (Phi) is 5.20. The van der Waals surface area contributed by atoms with Gasteiger partial charge in [-0.15, -0.1) is 0 Å². The Morgan fingerprint density at radius 2 is 2.10 bits per heavy atom. The zero-order valence-electron chi connectivity index (χ0n) is 11.6. The summed E-state index contributed by atoms with van der Waals surface area (Å²) in [4.78, 5) is 14.6. The molecule has 0 N–H and O–H groups in total. The minimum Gasteiger partial charge on any atom is -0.493 e. The second kappa shape index (κ2) is 6.90. The molecule has 106 valence electrons. The summed E-state index contributed by atoms with van der Waals surface area (Å²) >= 11 is 6.61. The summed E-state index contributed by atoms with van der Waals surface area (Å²) in [6, 6.07) is 7.70. The number of hydrogen-bond donors (Lipinski definition) is 0. The van der Waals surface area contributed by atoms with Crippen LogP contribution in [0.2, 0.25) is 0 Å². The molecule has 0 radical (unpaired) electrons. The first kappa shape index (κ1) is 15.1. The molecule has 1 aromatic rings. The third-order valence-corrected chi connectivity index (χ3v) is 4.20. The van der Waals surface area contributed by atoms with E-state index in [0.717, 1.165) is 17.7 Å². The second-order valence-electron chi connectivity index (χ2n) is 4.30. The van der Waals surface area contributed by atoms with Crippen LogP contribution in [0.25, 0.3) is 6.08 Å². The van der Waals surface area contributed by atoms with Crippen LogP contribution in [0.4, 0.5) is 0 Å². The molecule has 1 aromatic carbocycles. The quantitative estimate of drug-likeness (QED) is 0.613. The number of nitrogens with zero attached hydrogens (tertiary/aromatic N) is 1. The Bertz CT molecular complexity index is 555. The van der Waals surface area contributed by atoms with E-state index >= 15 is 0 Å². The van der Waals surface area contributed by atoms with Gasteiger partial charge >= 0.3 is 0 Å². The van der Waals surface area contributed by atoms with E-state index in [9.17, 15) is 4.79 Å². The summed E-state index contributed by atoms with van der Waals surface area (Å²) in [6.07, 6.45) is 2.76.